The van der Waals surface area contributed by atoms with Crippen LogP contribution in [-0.4, -0.2) is 32.6 Å². The Morgan fingerprint density at radius 1 is 1.45 bits per heavy atom. The number of hydrogen-bond donors (Lipinski definition) is 0. The van der Waals surface area contributed by atoms with Gasteiger partial charge in [0.15, 0.2) is 0 Å². The van der Waals surface area contributed by atoms with Gasteiger partial charge in [0.1, 0.15) is 0 Å². The predicted molar refractivity (Wildman–Crippen MR) is 46.9 cm³/mol. The summed E-state index contributed by atoms with van der Waals surface area (Å²) in [6.07, 6.45) is 5.85. The third-order valence-electron chi connectivity index (χ3n) is 1.41. The van der Waals surface area contributed by atoms with E-state index in [1.54, 1.807) is 7.05 Å². The van der Waals surface area contributed by atoms with Gasteiger partial charge in [-0.05, 0) is 13.3 Å². The van der Waals surface area contributed by atoms with Crippen molar-refractivity contribution in [3.05, 3.63) is 12.2 Å². The van der Waals surface area contributed by atoms with E-state index in [-0.39, 0.29) is 0 Å². The maximum Gasteiger partial charge on any atom is 0.210 e. The first-order valence-corrected chi connectivity index (χ1v) is 5.35. The summed E-state index contributed by atoms with van der Waals surface area (Å²) in [5, 5.41) is 0. The van der Waals surface area contributed by atoms with Crippen molar-refractivity contribution in [1.29, 1.82) is 0 Å². The zero-order valence-corrected chi connectivity index (χ0v) is 8.06. The molecule has 0 amide bonds. The average Bonchev–Trinajstić information content (AvgIpc) is 1.86. The van der Waals surface area contributed by atoms with E-state index in [2.05, 4.69) is 0 Å². The van der Waals surface area contributed by atoms with Crippen LogP contribution in [0, 0.1) is 0 Å². The van der Waals surface area contributed by atoms with E-state index >= 15 is 0 Å². The van der Waals surface area contributed by atoms with Gasteiger partial charge in [0.2, 0.25) is 10.0 Å². The molecule has 0 N–H and O–H groups in total. The first-order chi connectivity index (χ1) is 4.98. The maximum atomic E-state index is 10.8. The summed E-state index contributed by atoms with van der Waals surface area (Å²) in [7, 11) is -1.40. The zero-order chi connectivity index (χ0) is 8.91. The second kappa shape index (κ2) is 4.51. The highest BCUT2D eigenvalue weighted by Gasteiger charge is 2.07. The molecular weight excluding hydrogens is 162 g/mol. The van der Waals surface area contributed by atoms with E-state index in [4.69, 9.17) is 0 Å². The van der Waals surface area contributed by atoms with Crippen molar-refractivity contribution in [2.45, 2.75) is 13.3 Å². The lowest BCUT2D eigenvalue weighted by Gasteiger charge is -2.11. The Hall–Kier alpha value is -0.350. The average molecular weight is 177 g/mol. The van der Waals surface area contributed by atoms with Crippen LogP contribution >= 0.6 is 0 Å². The Balaban J connectivity index is 3.80. The molecule has 0 aliphatic heterocycles. The Kier molecular flexibility index (Phi) is 4.37. The molecule has 0 saturated heterocycles. The van der Waals surface area contributed by atoms with Crippen molar-refractivity contribution < 1.29 is 8.42 Å². The van der Waals surface area contributed by atoms with Crippen LogP contribution in [0.15, 0.2) is 12.2 Å². The normalized spacial score (nSPS) is 13.1. The summed E-state index contributed by atoms with van der Waals surface area (Å²) >= 11 is 0. The molecule has 0 aliphatic carbocycles. The maximum absolute atomic E-state index is 10.8. The van der Waals surface area contributed by atoms with Crippen LogP contribution in [0.25, 0.3) is 0 Å². The molecule has 0 heterocycles. The number of allylic oxidation sites excluding steroid dienone is 1. The quantitative estimate of drug-likeness (QED) is 0.597. The number of rotatable bonds is 4. The predicted octanol–water partition coefficient (Wildman–Crippen LogP) is 0.844. The van der Waals surface area contributed by atoms with Crippen LogP contribution in [0.1, 0.15) is 13.3 Å². The first-order valence-electron chi connectivity index (χ1n) is 3.51. The largest absolute Gasteiger partial charge is 0.213 e. The minimum atomic E-state index is -2.98. The molecule has 4 heteroatoms. The van der Waals surface area contributed by atoms with E-state index in [0.29, 0.717) is 6.54 Å². The van der Waals surface area contributed by atoms with Gasteiger partial charge in [0, 0.05) is 13.6 Å². The van der Waals surface area contributed by atoms with Gasteiger partial charge in [-0.1, -0.05) is 12.2 Å². The molecule has 0 rings (SSSR count). The molecule has 0 fully saturated rings. The van der Waals surface area contributed by atoms with E-state index in [1.165, 1.54) is 10.6 Å². The molecular formula is C7H15NO2S. The van der Waals surface area contributed by atoms with Crippen LogP contribution in [0.3, 0.4) is 0 Å². The zero-order valence-electron chi connectivity index (χ0n) is 7.24. The fraction of sp³-hybridized carbons (Fsp3) is 0.714. The number of nitrogens with zero attached hydrogens (tertiary/aromatic N) is 1. The van der Waals surface area contributed by atoms with Crippen molar-refractivity contribution in [3.8, 4) is 0 Å². The van der Waals surface area contributed by atoms with Crippen molar-refractivity contribution >= 4 is 10.0 Å². The number of hydrogen-bond acceptors (Lipinski definition) is 2. The Morgan fingerprint density at radius 3 is 2.36 bits per heavy atom. The molecule has 0 spiro atoms. The van der Waals surface area contributed by atoms with Crippen LogP contribution in [0.2, 0.25) is 0 Å². The van der Waals surface area contributed by atoms with Crippen LogP contribution in [0.5, 0.6) is 0 Å². The third kappa shape index (κ3) is 4.98. The van der Waals surface area contributed by atoms with E-state index in [0.717, 1.165) is 6.42 Å². The molecule has 0 atom stereocenters. The topological polar surface area (TPSA) is 37.4 Å². The standard InChI is InChI=1S/C7H15NO2S/c1-4-5-6-7-8(2)11(3,9)10/h4-5H,6-7H2,1-3H3/b5-4-. The van der Waals surface area contributed by atoms with Gasteiger partial charge >= 0.3 is 0 Å². The molecule has 0 unspecified atom stereocenters. The minimum absolute atomic E-state index is 0.559. The van der Waals surface area contributed by atoms with Crippen LogP contribution in [-0.2, 0) is 10.0 Å². The third-order valence-corrected chi connectivity index (χ3v) is 2.73. The highest BCUT2D eigenvalue weighted by Crippen LogP contribution is 1.95. The fourth-order valence-electron chi connectivity index (χ4n) is 0.589. The lowest BCUT2D eigenvalue weighted by atomic mass is 10.4. The summed E-state index contributed by atoms with van der Waals surface area (Å²) in [5.74, 6) is 0. The molecule has 0 aromatic heterocycles. The van der Waals surface area contributed by atoms with Crippen molar-refractivity contribution in [2.75, 3.05) is 19.8 Å². The summed E-state index contributed by atoms with van der Waals surface area (Å²) in [5.41, 5.74) is 0. The summed E-state index contributed by atoms with van der Waals surface area (Å²) in [4.78, 5) is 0. The van der Waals surface area contributed by atoms with Gasteiger partial charge < -0.3 is 0 Å². The SMILES string of the molecule is C/C=C\CCN(C)S(C)(=O)=O. The van der Waals surface area contributed by atoms with Gasteiger partial charge in [-0.2, -0.15) is 0 Å². The molecule has 3 nitrogen and oxygen atoms in total. The fourth-order valence-corrected chi connectivity index (χ4v) is 1.03. The Morgan fingerprint density at radius 2 is 2.00 bits per heavy atom. The van der Waals surface area contributed by atoms with E-state index < -0.39 is 10.0 Å². The summed E-state index contributed by atoms with van der Waals surface area (Å²) < 4.78 is 23.0. The lowest BCUT2D eigenvalue weighted by molar-refractivity contribution is 0.480. The van der Waals surface area contributed by atoms with Crippen molar-refractivity contribution in [3.63, 3.8) is 0 Å². The Labute approximate surface area is 68.8 Å². The molecule has 66 valence electrons. The van der Waals surface area contributed by atoms with E-state index in [1.807, 2.05) is 19.1 Å². The van der Waals surface area contributed by atoms with Gasteiger partial charge in [0.05, 0.1) is 6.26 Å². The molecule has 0 saturated carbocycles. The first kappa shape index (κ1) is 10.7. The van der Waals surface area contributed by atoms with Crippen molar-refractivity contribution in [1.82, 2.24) is 4.31 Å². The monoisotopic (exact) mass is 177 g/mol. The van der Waals surface area contributed by atoms with Crippen LogP contribution in [0.4, 0.5) is 0 Å². The summed E-state index contributed by atoms with van der Waals surface area (Å²) in [6, 6.07) is 0. The van der Waals surface area contributed by atoms with Gasteiger partial charge in [-0.3, -0.25) is 0 Å². The highest BCUT2D eigenvalue weighted by atomic mass is 32.2. The molecule has 0 aromatic carbocycles. The smallest absolute Gasteiger partial charge is 0.210 e. The molecule has 0 aromatic rings. The minimum Gasteiger partial charge on any atom is -0.213 e. The Bertz CT molecular complexity index is 219. The second-order valence-corrected chi connectivity index (χ2v) is 4.53. The molecule has 0 bridgehead atoms. The molecule has 11 heavy (non-hydrogen) atoms. The second-order valence-electron chi connectivity index (χ2n) is 2.44. The van der Waals surface area contributed by atoms with Gasteiger partial charge in [-0.25, -0.2) is 12.7 Å². The molecule has 0 aliphatic rings. The highest BCUT2D eigenvalue weighted by molar-refractivity contribution is 7.88. The lowest BCUT2D eigenvalue weighted by Crippen LogP contribution is -2.26. The van der Waals surface area contributed by atoms with E-state index in [9.17, 15) is 8.42 Å². The van der Waals surface area contributed by atoms with Gasteiger partial charge in [0.25, 0.3) is 0 Å². The molecule has 0 radical (unpaired) electrons. The van der Waals surface area contributed by atoms with Crippen molar-refractivity contribution in [2.24, 2.45) is 0 Å². The number of sulfonamides is 1. The summed E-state index contributed by atoms with van der Waals surface area (Å²) in [6.45, 7) is 2.48. The van der Waals surface area contributed by atoms with Crippen LogP contribution < -0.4 is 0 Å². The van der Waals surface area contributed by atoms with Gasteiger partial charge in [-0.15, -0.1) is 0 Å².